The van der Waals surface area contributed by atoms with Gasteiger partial charge in [-0.1, -0.05) is 6.42 Å². The van der Waals surface area contributed by atoms with Gasteiger partial charge >= 0.3 is 0 Å². The molecule has 0 aliphatic heterocycles. The monoisotopic (exact) mass is 298 g/mol. The molecule has 1 amide bonds. The number of sulfonamides is 1. The molecule has 1 aliphatic carbocycles. The summed E-state index contributed by atoms with van der Waals surface area (Å²) in [6.07, 6.45) is 7.59. The average molecular weight is 298 g/mol. The van der Waals surface area contributed by atoms with E-state index < -0.39 is 21.7 Å². The highest BCUT2D eigenvalue weighted by Crippen LogP contribution is 2.27. The molecule has 1 saturated carbocycles. The number of hydrogen-bond donors (Lipinski definition) is 1. The van der Waals surface area contributed by atoms with Gasteiger partial charge in [0.2, 0.25) is 10.0 Å². The van der Waals surface area contributed by atoms with Gasteiger partial charge in [0, 0.05) is 12.3 Å². The fourth-order valence-electron chi connectivity index (χ4n) is 1.89. The minimum atomic E-state index is -3.59. The molecule has 5 nitrogen and oxygen atoms in total. The Morgan fingerprint density at radius 3 is 2.80 bits per heavy atom. The maximum Gasteiger partial charge on any atom is 0.257 e. The van der Waals surface area contributed by atoms with E-state index in [4.69, 9.17) is 0 Å². The number of nitrogens with one attached hydrogen (secondary N) is 1. The largest absolute Gasteiger partial charge is 0.269 e. The summed E-state index contributed by atoms with van der Waals surface area (Å²) in [5, 5.41) is 0. The molecule has 1 aromatic heterocycles. The van der Waals surface area contributed by atoms with E-state index in [1.807, 2.05) is 4.72 Å². The van der Waals surface area contributed by atoms with Crippen LogP contribution in [-0.4, -0.2) is 25.1 Å². The maximum absolute atomic E-state index is 12.9. The van der Waals surface area contributed by atoms with E-state index >= 15 is 0 Å². The Kier molecular flexibility index (Phi) is 4.49. The summed E-state index contributed by atoms with van der Waals surface area (Å²) in [5.74, 6) is -1.14. The predicted molar refractivity (Wildman–Crippen MR) is 72.5 cm³/mol. The lowest BCUT2D eigenvalue weighted by Gasteiger charge is -2.24. The lowest BCUT2D eigenvalue weighted by Crippen LogP contribution is -2.35. The lowest BCUT2D eigenvalue weighted by atomic mass is 9.87. The first-order valence-electron chi connectivity index (χ1n) is 6.28. The second-order valence-corrected chi connectivity index (χ2v) is 6.58. The van der Waals surface area contributed by atoms with E-state index in [0.29, 0.717) is 5.56 Å². The van der Waals surface area contributed by atoms with Crippen molar-refractivity contribution in [3.63, 3.8) is 0 Å². The van der Waals surface area contributed by atoms with Crippen LogP contribution in [0, 0.1) is 11.7 Å². The number of pyridine rings is 1. The third kappa shape index (κ3) is 4.41. The van der Waals surface area contributed by atoms with Crippen LogP contribution in [0.25, 0.3) is 6.08 Å². The fourth-order valence-corrected chi connectivity index (χ4v) is 3.30. The van der Waals surface area contributed by atoms with E-state index in [1.54, 1.807) is 0 Å². The summed E-state index contributed by atoms with van der Waals surface area (Å²) in [6.45, 7) is 0. The maximum atomic E-state index is 12.9. The van der Waals surface area contributed by atoms with Crippen LogP contribution in [0.4, 0.5) is 4.39 Å². The summed E-state index contributed by atoms with van der Waals surface area (Å²) in [6, 6.07) is 1.19. The molecular formula is C13H15FN2O3S. The molecule has 0 aromatic carbocycles. The van der Waals surface area contributed by atoms with Crippen molar-refractivity contribution < 1.29 is 17.6 Å². The van der Waals surface area contributed by atoms with Crippen LogP contribution >= 0.6 is 0 Å². The molecule has 0 unspecified atom stereocenters. The van der Waals surface area contributed by atoms with Crippen LogP contribution in [0.1, 0.15) is 24.8 Å². The van der Waals surface area contributed by atoms with E-state index in [-0.39, 0.29) is 11.7 Å². The Morgan fingerprint density at radius 2 is 2.20 bits per heavy atom. The van der Waals surface area contributed by atoms with Gasteiger partial charge in [0.1, 0.15) is 5.82 Å². The average Bonchev–Trinajstić information content (AvgIpc) is 2.31. The number of carbonyl (C=O) groups excluding carboxylic acids is 1. The predicted octanol–water partition coefficient (Wildman–Crippen LogP) is 1.48. The normalized spacial score (nSPS) is 16.1. The smallest absolute Gasteiger partial charge is 0.257 e. The standard InChI is InChI=1S/C13H15FN2O3S/c14-12-6-11(7-15-8-12)4-5-13(17)16-20(18,19)9-10-2-1-3-10/h4-8,10H,1-3,9H2,(H,16,17)/b5-4+. The summed E-state index contributed by atoms with van der Waals surface area (Å²) in [5.41, 5.74) is 0.386. The molecule has 1 N–H and O–H groups in total. The zero-order valence-electron chi connectivity index (χ0n) is 10.8. The van der Waals surface area contributed by atoms with E-state index in [1.165, 1.54) is 18.3 Å². The van der Waals surface area contributed by atoms with Crippen molar-refractivity contribution in [1.82, 2.24) is 9.71 Å². The highest BCUT2D eigenvalue weighted by Gasteiger charge is 2.25. The van der Waals surface area contributed by atoms with E-state index in [2.05, 4.69) is 4.98 Å². The number of amides is 1. The summed E-state index contributed by atoms with van der Waals surface area (Å²) >= 11 is 0. The SMILES string of the molecule is O=C(/C=C/c1cncc(F)c1)NS(=O)(=O)CC1CCC1. The first-order chi connectivity index (χ1) is 9.44. The molecule has 0 bridgehead atoms. The summed E-state index contributed by atoms with van der Waals surface area (Å²) in [7, 11) is -3.59. The third-order valence-electron chi connectivity index (χ3n) is 3.09. The topological polar surface area (TPSA) is 76.1 Å². The van der Waals surface area contributed by atoms with Gasteiger partial charge in [-0.3, -0.25) is 9.78 Å². The second kappa shape index (κ2) is 6.13. The van der Waals surface area contributed by atoms with Crippen molar-refractivity contribution in [2.45, 2.75) is 19.3 Å². The van der Waals surface area contributed by atoms with Gasteiger partial charge in [-0.2, -0.15) is 0 Å². The quantitative estimate of drug-likeness (QED) is 0.835. The molecule has 0 saturated heterocycles. The van der Waals surface area contributed by atoms with Crippen molar-refractivity contribution in [1.29, 1.82) is 0 Å². The molecule has 0 spiro atoms. The molecule has 20 heavy (non-hydrogen) atoms. The van der Waals surface area contributed by atoms with Gasteiger partial charge in [0.25, 0.3) is 5.91 Å². The van der Waals surface area contributed by atoms with Crippen molar-refractivity contribution in [3.8, 4) is 0 Å². The van der Waals surface area contributed by atoms with E-state index in [0.717, 1.165) is 31.5 Å². The molecule has 1 aliphatic rings. The molecule has 1 heterocycles. The molecular weight excluding hydrogens is 283 g/mol. The zero-order chi connectivity index (χ0) is 14.6. The highest BCUT2D eigenvalue weighted by molar-refractivity contribution is 7.90. The Labute approximate surface area is 117 Å². The van der Waals surface area contributed by atoms with Gasteiger partial charge in [-0.05, 0) is 36.5 Å². The number of rotatable bonds is 5. The molecule has 1 fully saturated rings. The Balaban J connectivity index is 1.91. The minimum Gasteiger partial charge on any atom is -0.269 e. The molecule has 7 heteroatoms. The van der Waals surface area contributed by atoms with Crippen LogP contribution in [0.2, 0.25) is 0 Å². The van der Waals surface area contributed by atoms with Crippen molar-refractivity contribution in [2.24, 2.45) is 5.92 Å². The van der Waals surface area contributed by atoms with Gasteiger partial charge in [-0.15, -0.1) is 0 Å². The van der Waals surface area contributed by atoms with Crippen LogP contribution < -0.4 is 4.72 Å². The Hall–Kier alpha value is -1.76. The molecule has 1 aromatic rings. The third-order valence-corrected chi connectivity index (χ3v) is 4.51. The first-order valence-corrected chi connectivity index (χ1v) is 7.93. The van der Waals surface area contributed by atoms with Gasteiger partial charge in [0.15, 0.2) is 0 Å². The van der Waals surface area contributed by atoms with Gasteiger partial charge < -0.3 is 0 Å². The van der Waals surface area contributed by atoms with E-state index in [9.17, 15) is 17.6 Å². The molecule has 0 radical (unpaired) electrons. The second-order valence-electron chi connectivity index (χ2n) is 4.81. The lowest BCUT2D eigenvalue weighted by molar-refractivity contribution is -0.114. The minimum absolute atomic E-state index is 0.0197. The van der Waals surface area contributed by atoms with Crippen molar-refractivity contribution in [2.75, 3.05) is 5.75 Å². The van der Waals surface area contributed by atoms with Crippen molar-refractivity contribution >= 4 is 22.0 Å². The van der Waals surface area contributed by atoms with Gasteiger partial charge in [-0.25, -0.2) is 17.5 Å². The molecule has 2 rings (SSSR count). The number of hydrogen-bond acceptors (Lipinski definition) is 4. The van der Waals surface area contributed by atoms with Crippen LogP contribution in [0.3, 0.4) is 0 Å². The summed E-state index contributed by atoms with van der Waals surface area (Å²) < 4.78 is 38.2. The zero-order valence-corrected chi connectivity index (χ0v) is 11.6. The van der Waals surface area contributed by atoms with Crippen LogP contribution in [0.15, 0.2) is 24.5 Å². The Morgan fingerprint density at radius 1 is 1.45 bits per heavy atom. The first kappa shape index (κ1) is 14.6. The van der Waals surface area contributed by atoms with Crippen molar-refractivity contribution in [3.05, 3.63) is 35.9 Å². The number of halogens is 1. The Bertz CT molecular complexity index is 624. The number of carbonyl (C=O) groups is 1. The fraction of sp³-hybridized carbons (Fsp3) is 0.385. The van der Waals surface area contributed by atoms with Crippen LogP contribution in [0.5, 0.6) is 0 Å². The summed E-state index contributed by atoms with van der Waals surface area (Å²) in [4.78, 5) is 15.1. The molecule has 0 atom stereocenters. The number of aromatic nitrogens is 1. The molecule has 108 valence electrons. The van der Waals surface area contributed by atoms with Gasteiger partial charge in [0.05, 0.1) is 11.9 Å². The highest BCUT2D eigenvalue weighted by atomic mass is 32.2. The van der Waals surface area contributed by atoms with Crippen LogP contribution in [-0.2, 0) is 14.8 Å². The number of nitrogens with zero attached hydrogens (tertiary/aromatic N) is 1.